The summed E-state index contributed by atoms with van der Waals surface area (Å²) < 4.78 is 0. The summed E-state index contributed by atoms with van der Waals surface area (Å²) in [7, 11) is 0. The second-order valence-electron chi connectivity index (χ2n) is 2.61. The molecule has 0 aromatic carbocycles. The third kappa shape index (κ3) is 74.7. The molecule has 0 radical (unpaired) electrons. The number of thioether (sulfide) groups is 1. The van der Waals surface area contributed by atoms with Crippen LogP contribution in [0, 0.1) is 5.41 Å². The van der Waals surface area contributed by atoms with Crippen molar-refractivity contribution in [1.82, 2.24) is 0 Å². The number of hydrogen-bond donors (Lipinski definition) is 1. The van der Waals surface area contributed by atoms with Crippen molar-refractivity contribution in [1.29, 1.82) is 5.41 Å². The van der Waals surface area contributed by atoms with Gasteiger partial charge in [0.25, 0.3) is 0 Å². The Hall–Kier alpha value is 0.0200. The minimum absolute atomic E-state index is 0.667. The smallest absolute Gasteiger partial charge is 0.00272 e. The summed E-state index contributed by atoms with van der Waals surface area (Å²) in [6.45, 7) is 11.9. The van der Waals surface area contributed by atoms with Crippen molar-refractivity contribution in [3.63, 3.8) is 0 Å². The lowest BCUT2D eigenvalue weighted by Crippen LogP contribution is -1.76. The zero-order valence-corrected chi connectivity index (χ0v) is 11.1. The van der Waals surface area contributed by atoms with Gasteiger partial charge in [-0.1, -0.05) is 27.7 Å². The average molecular weight is 205 g/mol. The van der Waals surface area contributed by atoms with Gasteiger partial charge in [-0.3, -0.25) is 0 Å². The van der Waals surface area contributed by atoms with Gasteiger partial charge in [0.15, 0.2) is 0 Å². The Morgan fingerprint density at radius 1 is 1.00 bits per heavy atom. The van der Waals surface area contributed by atoms with E-state index in [4.69, 9.17) is 5.41 Å². The first-order valence-electron chi connectivity index (χ1n) is 5.24. The van der Waals surface area contributed by atoms with E-state index in [0.29, 0.717) is 5.71 Å². The van der Waals surface area contributed by atoms with Crippen LogP contribution in [0.2, 0.25) is 0 Å². The highest BCUT2D eigenvalue weighted by molar-refractivity contribution is 7.99. The highest BCUT2D eigenvalue weighted by atomic mass is 32.2. The van der Waals surface area contributed by atoms with Crippen LogP contribution in [-0.2, 0) is 0 Å². The zero-order chi connectivity index (χ0) is 11.1. The van der Waals surface area contributed by atoms with Crippen LogP contribution in [-0.4, -0.2) is 17.2 Å². The summed E-state index contributed by atoms with van der Waals surface area (Å²) in [5, 5.41) is 6.50. The molecule has 0 aliphatic rings. The summed E-state index contributed by atoms with van der Waals surface area (Å²) in [6.07, 6.45) is 2.65. The normalized spacial score (nSPS) is 7.54. The van der Waals surface area contributed by atoms with Gasteiger partial charge >= 0.3 is 0 Å². The molecule has 0 aliphatic carbocycles. The molecular formula is C11H27NS. The van der Waals surface area contributed by atoms with E-state index < -0.39 is 0 Å². The molecule has 13 heavy (non-hydrogen) atoms. The minimum Gasteiger partial charge on any atom is -0.310 e. The Labute approximate surface area is 89.2 Å². The first-order chi connectivity index (χ1) is 6.15. The highest BCUT2D eigenvalue weighted by Gasteiger charge is 1.79. The van der Waals surface area contributed by atoms with E-state index in [9.17, 15) is 0 Å². The lowest BCUT2D eigenvalue weighted by molar-refractivity contribution is 1.07. The summed E-state index contributed by atoms with van der Waals surface area (Å²) in [6, 6.07) is 0. The molecule has 1 nitrogen and oxygen atoms in total. The minimum atomic E-state index is 0.667. The predicted molar refractivity (Wildman–Crippen MR) is 68.3 cm³/mol. The molecule has 0 saturated carbocycles. The molecule has 0 atom stereocenters. The largest absolute Gasteiger partial charge is 0.310 e. The van der Waals surface area contributed by atoms with Gasteiger partial charge in [0, 0.05) is 5.71 Å². The molecule has 0 unspecified atom stereocenters. The number of nitrogens with one attached hydrogen (secondary N) is 1. The molecule has 0 fully saturated rings. The van der Waals surface area contributed by atoms with Gasteiger partial charge in [0.2, 0.25) is 0 Å². The van der Waals surface area contributed by atoms with Gasteiger partial charge < -0.3 is 5.41 Å². The number of hydrogen-bond acceptors (Lipinski definition) is 2. The Kier molecular flexibility index (Phi) is 32.7. The molecule has 0 rings (SSSR count). The summed E-state index contributed by atoms with van der Waals surface area (Å²) in [5.74, 6) is 2.68. The molecule has 0 aromatic heterocycles. The molecule has 0 aliphatic heterocycles. The molecule has 1 N–H and O–H groups in total. The number of rotatable bonds is 4. The maximum Gasteiger partial charge on any atom is 0.00272 e. The van der Waals surface area contributed by atoms with E-state index in [2.05, 4.69) is 25.6 Å². The Morgan fingerprint density at radius 2 is 1.23 bits per heavy atom. The van der Waals surface area contributed by atoms with Crippen molar-refractivity contribution >= 4 is 17.5 Å². The summed E-state index contributed by atoms with van der Waals surface area (Å²) >= 11 is 2.05. The van der Waals surface area contributed by atoms with Crippen molar-refractivity contribution in [2.75, 3.05) is 11.5 Å². The van der Waals surface area contributed by atoms with E-state index in [1.807, 2.05) is 13.8 Å². The molecule has 2 heteroatoms. The molecule has 0 amide bonds. The second-order valence-corrected chi connectivity index (χ2v) is 3.84. The zero-order valence-electron chi connectivity index (χ0n) is 10.2. The first-order valence-corrected chi connectivity index (χ1v) is 6.40. The van der Waals surface area contributed by atoms with Crippen molar-refractivity contribution < 1.29 is 0 Å². The van der Waals surface area contributed by atoms with Crippen LogP contribution in [0.1, 0.15) is 54.4 Å². The van der Waals surface area contributed by atoms with Crippen molar-refractivity contribution in [3.8, 4) is 0 Å². The monoisotopic (exact) mass is 205 g/mol. The van der Waals surface area contributed by atoms with E-state index >= 15 is 0 Å². The molecular weight excluding hydrogens is 178 g/mol. The third-order valence-electron chi connectivity index (χ3n) is 0.697. The average Bonchev–Trinajstić information content (AvgIpc) is 2.08. The van der Waals surface area contributed by atoms with Gasteiger partial charge in [-0.05, 0) is 38.2 Å². The summed E-state index contributed by atoms with van der Waals surface area (Å²) in [4.78, 5) is 0. The molecule has 0 spiro atoms. The molecule has 82 valence electrons. The Balaban J connectivity index is -0.000000142. The lowest BCUT2D eigenvalue weighted by Gasteiger charge is -1.91. The van der Waals surface area contributed by atoms with Crippen LogP contribution in [0.25, 0.3) is 0 Å². The van der Waals surface area contributed by atoms with Crippen molar-refractivity contribution in [2.24, 2.45) is 0 Å². The van der Waals surface area contributed by atoms with Crippen LogP contribution in [0.5, 0.6) is 0 Å². The van der Waals surface area contributed by atoms with Crippen LogP contribution < -0.4 is 0 Å². The fourth-order valence-electron chi connectivity index (χ4n) is 0.391. The molecule has 0 aromatic rings. The second kappa shape index (κ2) is 22.7. The maximum atomic E-state index is 6.50. The van der Waals surface area contributed by atoms with Gasteiger partial charge in [-0.25, -0.2) is 0 Å². The topological polar surface area (TPSA) is 23.9 Å². The van der Waals surface area contributed by atoms with Gasteiger partial charge in [0.05, 0.1) is 0 Å². The van der Waals surface area contributed by atoms with E-state index in [1.165, 1.54) is 24.3 Å². The molecule has 0 saturated heterocycles. The summed E-state index contributed by atoms with van der Waals surface area (Å²) in [5.41, 5.74) is 0.667. The SMILES string of the molecule is CC.CC(C)=N.CCCSCCC. The first kappa shape index (κ1) is 18.7. The van der Waals surface area contributed by atoms with Gasteiger partial charge in [-0.15, -0.1) is 0 Å². The fourth-order valence-corrected chi connectivity index (χ4v) is 1.17. The van der Waals surface area contributed by atoms with E-state index in [-0.39, 0.29) is 0 Å². The van der Waals surface area contributed by atoms with Crippen LogP contribution in [0.3, 0.4) is 0 Å². The standard InChI is InChI=1S/C6H14S.C3H7N.C2H6/c1-3-5-7-6-4-2;1-3(2)4;1-2/h3-6H2,1-2H3;4H,1-2H3;1-2H3. The Bertz CT molecular complexity index is 74.2. The van der Waals surface area contributed by atoms with Crippen molar-refractivity contribution in [2.45, 2.75) is 54.4 Å². The third-order valence-corrected chi connectivity index (χ3v) is 2.09. The van der Waals surface area contributed by atoms with Crippen LogP contribution >= 0.6 is 11.8 Å². The van der Waals surface area contributed by atoms with Crippen molar-refractivity contribution in [3.05, 3.63) is 0 Å². The van der Waals surface area contributed by atoms with Gasteiger partial charge in [-0.2, -0.15) is 11.8 Å². The van der Waals surface area contributed by atoms with Gasteiger partial charge in [0.1, 0.15) is 0 Å². The van der Waals surface area contributed by atoms with E-state index in [0.717, 1.165) is 0 Å². The quantitative estimate of drug-likeness (QED) is 0.526. The maximum absolute atomic E-state index is 6.50. The van der Waals surface area contributed by atoms with E-state index in [1.54, 1.807) is 13.8 Å². The molecule has 0 heterocycles. The van der Waals surface area contributed by atoms with Crippen LogP contribution in [0.15, 0.2) is 0 Å². The lowest BCUT2D eigenvalue weighted by atomic mass is 10.5. The fraction of sp³-hybridized carbons (Fsp3) is 0.909. The molecule has 0 bridgehead atoms. The Morgan fingerprint density at radius 3 is 1.38 bits per heavy atom. The highest BCUT2D eigenvalue weighted by Crippen LogP contribution is 2.02. The predicted octanol–water partition coefficient (Wildman–Crippen LogP) is 4.61. The van der Waals surface area contributed by atoms with Crippen LogP contribution in [0.4, 0.5) is 0 Å².